The lowest BCUT2D eigenvalue weighted by Crippen LogP contribution is -2.33. The molecule has 0 atom stereocenters. The van der Waals surface area contributed by atoms with E-state index < -0.39 is 0 Å². The molecule has 22 heavy (non-hydrogen) atoms. The first-order valence-electron chi connectivity index (χ1n) is 6.87. The largest absolute Gasteiger partial charge is 0.382 e. The van der Waals surface area contributed by atoms with Gasteiger partial charge in [0.1, 0.15) is 0 Å². The van der Waals surface area contributed by atoms with E-state index in [0.717, 1.165) is 18.4 Å². The van der Waals surface area contributed by atoms with Gasteiger partial charge < -0.3 is 10.6 Å². The Kier molecular flexibility index (Phi) is 4.18. The number of halogens is 2. The maximum Gasteiger partial charge on any atom is 0.276 e. The second-order valence-electron chi connectivity index (χ2n) is 5.20. The van der Waals surface area contributed by atoms with E-state index in [4.69, 9.17) is 28.9 Å². The maximum atomic E-state index is 12.7. The molecule has 1 heterocycles. The van der Waals surface area contributed by atoms with Crippen molar-refractivity contribution in [2.24, 2.45) is 0 Å². The lowest BCUT2D eigenvalue weighted by Gasteiger charge is -2.22. The summed E-state index contributed by atoms with van der Waals surface area (Å²) in [5.41, 5.74) is 6.86. The van der Waals surface area contributed by atoms with Gasteiger partial charge in [-0.2, -0.15) is 0 Å². The van der Waals surface area contributed by atoms with Gasteiger partial charge in [0.15, 0.2) is 11.5 Å². The smallest absolute Gasteiger partial charge is 0.276 e. The molecule has 0 saturated heterocycles. The predicted molar refractivity (Wildman–Crippen MR) is 85.8 cm³/mol. The molecule has 1 amide bonds. The Morgan fingerprint density at radius 2 is 1.95 bits per heavy atom. The SMILES string of the molecule is Nc1nccnc1C(=O)N(Cc1ccc(Cl)c(Cl)c1)C1CC1. The van der Waals surface area contributed by atoms with Crippen LogP contribution in [0.25, 0.3) is 0 Å². The number of nitrogen functional groups attached to an aromatic ring is 1. The van der Waals surface area contributed by atoms with Crippen LogP contribution in [0.5, 0.6) is 0 Å². The van der Waals surface area contributed by atoms with Gasteiger partial charge in [-0.15, -0.1) is 0 Å². The topological polar surface area (TPSA) is 72.1 Å². The van der Waals surface area contributed by atoms with Crippen molar-refractivity contribution in [3.8, 4) is 0 Å². The number of hydrogen-bond donors (Lipinski definition) is 1. The molecule has 0 bridgehead atoms. The summed E-state index contributed by atoms with van der Waals surface area (Å²) in [6.07, 6.45) is 4.89. The molecule has 1 aliphatic carbocycles. The number of rotatable bonds is 4. The highest BCUT2D eigenvalue weighted by Gasteiger charge is 2.34. The van der Waals surface area contributed by atoms with Crippen molar-refractivity contribution in [1.82, 2.24) is 14.9 Å². The number of amides is 1. The standard InChI is InChI=1S/C15H14Cl2N4O/c16-11-4-1-9(7-12(11)17)8-21(10-2-3-10)15(22)13-14(18)20-6-5-19-13/h1,4-7,10H,2-3,8H2,(H2,18,20). The zero-order valence-electron chi connectivity index (χ0n) is 11.7. The van der Waals surface area contributed by atoms with Crippen LogP contribution in [0.3, 0.4) is 0 Å². The number of nitrogens with two attached hydrogens (primary N) is 1. The van der Waals surface area contributed by atoms with Gasteiger partial charge in [-0.1, -0.05) is 29.3 Å². The number of benzene rings is 1. The number of carbonyl (C=O) groups is 1. The minimum atomic E-state index is -0.209. The summed E-state index contributed by atoms with van der Waals surface area (Å²) in [5.74, 6) is -0.0635. The van der Waals surface area contributed by atoms with Gasteiger partial charge in [0.05, 0.1) is 10.0 Å². The second-order valence-corrected chi connectivity index (χ2v) is 6.02. The highest BCUT2D eigenvalue weighted by atomic mass is 35.5. The molecule has 0 radical (unpaired) electrons. The van der Waals surface area contributed by atoms with E-state index in [1.165, 1.54) is 12.4 Å². The Morgan fingerprint density at radius 3 is 2.59 bits per heavy atom. The van der Waals surface area contributed by atoms with Crippen LogP contribution in [0, 0.1) is 0 Å². The summed E-state index contributed by atoms with van der Waals surface area (Å²) in [4.78, 5) is 22.4. The molecule has 0 unspecified atom stereocenters. The van der Waals surface area contributed by atoms with E-state index in [-0.39, 0.29) is 23.5 Å². The molecular weight excluding hydrogens is 323 g/mol. The lowest BCUT2D eigenvalue weighted by atomic mass is 10.2. The molecule has 7 heteroatoms. The van der Waals surface area contributed by atoms with Gasteiger partial charge in [0.2, 0.25) is 0 Å². The molecule has 1 aliphatic rings. The number of carbonyl (C=O) groups excluding carboxylic acids is 1. The van der Waals surface area contributed by atoms with Crippen molar-refractivity contribution in [1.29, 1.82) is 0 Å². The summed E-state index contributed by atoms with van der Waals surface area (Å²) in [7, 11) is 0. The molecule has 114 valence electrons. The van der Waals surface area contributed by atoms with Crippen LogP contribution in [-0.2, 0) is 6.54 Å². The fourth-order valence-corrected chi connectivity index (χ4v) is 2.56. The quantitative estimate of drug-likeness (QED) is 0.930. The van der Waals surface area contributed by atoms with Crippen molar-refractivity contribution in [3.63, 3.8) is 0 Å². The third-order valence-corrected chi connectivity index (χ3v) is 4.25. The molecule has 0 spiro atoms. The van der Waals surface area contributed by atoms with Crippen molar-refractivity contribution in [3.05, 3.63) is 51.9 Å². The van der Waals surface area contributed by atoms with Crippen molar-refractivity contribution >= 4 is 34.9 Å². The van der Waals surface area contributed by atoms with Crippen LogP contribution in [0.2, 0.25) is 10.0 Å². The summed E-state index contributed by atoms with van der Waals surface area (Å²) in [5, 5.41) is 0.967. The Bertz CT molecular complexity index is 718. The molecule has 1 saturated carbocycles. The minimum absolute atomic E-state index is 0.146. The van der Waals surface area contributed by atoms with Gasteiger partial charge in [0, 0.05) is 25.0 Å². The Balaban J connectivity index is 1.85. The van der Waals surface area contributed by atoms with E-state index >= 15 is 0 Å². The third kappa shape index (κ3) is 3.15. The summed E-state index contributed by atoms with van der Waals surface area (Å²) < 4.78 is 0. The first kappa shape index (κ1) is 15.1. The van der Waals surface area contributed by atoms with Crippen molar-refractivity contribution in [2.75, 3.05) is 5.73 Å². The van der Waals surface area contributed by atoms with Gasteiger partial charge in [-0.3, -0.25) is 4.79 Å². The Morgan fingerprint density at radius 1 is 1.23 bits per heavy atom. The molecule has 1 fully saturated rings. The first-order chi connectivity index (χ1) is 10.6. The van der Waals surface area contributed by atoms with Crippen molar-refractivity contribution < 1.29 is 4.79 Å². The van der Waals surface area contributed by atoms with E-state index in [9.17, 15) is 4.79 Å². The number of nitrogens with zero attached hydrogens (tertiary/aromatic N) is 3. The third-order valence-electron chi connectivity index (χ3n) is 3.51. The summed E-state index contributed by atoms with van der Waals surface area (Å²) in [6, 6.07) is 5.57. The average Bonchev–Trinajstić information content (AvgIpc) is 3.33. The van der Waals surface area contributed by atoms with Crippen LogP contribution in [0.4, 0.5) is 5.82 Å². The molecule has 3 rings (SSSR count). The van der Waals surface area contributed by atoms with Gasteiger partial charge >= 0.3 is 0 Å². The average molecular weight is 337 g/mol. The van der Waals surface area contributed by atoms with E-state index in [1.54, 1.807) is 17.0 Å². The number of aromatic nitrogens is 2. The lowest BCUT2D eigenvalue weighted by molar-refractivity contribution is 0.0724. The molecule has 1 aromatic carbocycles. The predicted octanol–water partition coefficient (Wildman–Crippen LogP) is 3.17. The molecule has 5 nitrogen and oxygen atoms in total. The highest BCUT2D eigenvalue weighted by molar-refractivity contribution is 6.42. The van der Waals surface area contributed by atoms with E-state index in [0.29, 0.717) is 16.6 Å². The normalized spacial score (nSPS) is 13.9. The zero-order chi connectivity index (χ0) is 15.7. The molecule has 2 N–H and O–H groups in total. The highest BCUT2D eigenvalue weighted by Crippen LogP contribution is 2.31. The maximum absolute atomic E-state index is 12.7. The van der Waals surface area contributed by atoms with Crippen LogP contribution in [-0.4, -0.2) is 26.8 Å². The van der Waals surface area contributed by atoms with Crippen molar-refractivity contribution in [2.45, 2.75) is 25.4 Å². The van der Waals surface area contributed by atoms with Gasteiger partial charge in [0.25, 0.3) is 5.91 Å². The second kappa shape index (κ2) is 6.10. The Labute approximate surface area is 138 Å². The molecule has 2 aromatic rings. The molecular formula is C15H14Cl2N4O. The zero-order valence-corrected chi connectivity index (χ0v) is 13.2. The summed E-state index contributed by atoms with van der Waals surface area (Å²) in [6.45, 7) is 0.441. The van der Waals surface area contributed by atoms with Crippen LogP contribution < -0.4 is 5.73 Å². The fourth-order valence-electron chi connectivity index (χ4n) is 2.24. The monoisotopic (exact) mass is 336 g/mol. The minimum Gasteiger partial charge on any atom is -0.382 e. The van der Waals surface area contributed by atoms with Crippen LogP contribution in [0.15, 0.2) is 30.6 Å². The summed E-state index contributed by atoms with van der Waals surface area (Å²) >= 11 is 12.0. The molecule has 0 aliphatic heterocycles. The van der Waals surface area contributed by atoms with Gasteiger partial charge in [-0.05, 0) is 30.5 Å². The number of hydrogen-bond acceptors (Lipinski definition) is 4. The number of anilines is 1. The van der Waals surface area contributed by atoms with E-state index in [1.807, 2.05) is 6.07 Å². The first-order valence-corrected chi connectivity index (χ1v) is 7.63. The fraction of sp³-hybridized carbons (Fsp3) is 0.267. The van der Waals surface area contributed by atoms with Crippen LogP contribution >= 0.6 is 23.2 Å². The van der Waals surface area contributed by atoms with Gasteiger partial charge in [-0.25, -0.2) is 9.97 Å². The Hall–Kier alpha value is -1.85. The molecule has 1 aromatic heterocycles. The van der Waals surface area contributed by atoms with E-state index in [2.05, 4.69) is 9.97 Å². The van der Waals surface area contributed by atoms with Crippen LogP contribution in [0.1, 0.15) is 28.9 Å².